The van der Waals surface area contributed by atoms with E-state index in [9.17, 15) is 5.11 Å². The Morgan fingerprint density at radius 2 is 1.59 bits per heavy atom. The minimum absolute atomic E-state index is 0.240. The van der Waals surface area contributed by atoms with E-state index in [2.05, 4.69) is 46.8 Å². The van der Waals surface area contributed by atoms with E-state index in [-0.39, 0.29) is 6.04 Å². The molecule has 0 aliphatic carbocycles. The molecule has 0 radical (unpaired) electrons. The molecule has 3 nitrogen and oxygen atoms in total. The second-order valence-electron chi connectivity index (χ2n) is 6.17. The Bertz CT molecular complexity index is 643. The summed E-state index contributed by atoms with van der Waals surface area (Å²) in [6.45, 7) is 12.6. The van der Waals surface area contributed by atoms with Crippen molar-refractivity contribution in [2.24, 2.45) is 0 Å². The molecule has 1 aromatic heterocycles. The lowest BCUT2D eigenvalue weighted by atomic mass is 9.91. The van der Waals surface area contributed by atoms with E-state index in [0.717, 1.165) is 36.2 Å². The van der Waals surface area contributed by atoms with Crippen molar-refractivity contribution in [3.63, 3.8) is 0 Å². The molecule has 0 saturated heterocycles. The predicted molar refractivity (Wildman–Crippen MR) is 92.6 cm³/mol. The van der Waals surface area contributed by atoms with Crippen LogP contribution in [0.5, 0.6) is 5.75 Å². The molecule has 0 bridgehead atoms. The summed E-state index contributed by atoms with van der Waals surface area (Å²) in [7, 11) is 0. The van der Waals surface area contributed by atoms with E-state index in [1.54, 1.807) is 0 Å². The summed E-state index contributed by atoms with van der Waals surface area (Å²) in [5, 5.41) is 15.3. The van der Waals surface area contributed by atoms with Crippen LogP contribution in [-0.2, 0) is 19.3 Å². The third-order valence-corrected chi connectivity index (χ3v) is 4.38. The van der Waals surface area contributed by atoms with Gasteiger partial charge in [-0.15, -0.1) is 0 Å². The van der Waals surface area contributed by atoms with Gasteiger partial charge < -0.3 is 5.11 Å². The van der Waals surface area contributed by atoms with Crippen LogP contribution < -0.4 is 0 Å². The van der Waals surface area contributed by atoms with Crippen molar-refractivity contribution in [2.75, 3.05) is 0 Å². The zero-order valence-electron chi connectivity index (χ0n) is 14.7. The Kier molecular flexibility index (Phi) is 4.94. The average Bonchev–Trinajstić information content (AvgIpc) is 2.81. The summed E-state index contributed by atoms with van der Waals surface area (Å²) in [6.07, 6.45) is 2.93. The molecule has 3 heteroatoms. The first-order valence-corrected chi connectivity index (χ1v) is 8.37. The predicted octanol–water partition coefficient (Wildman–Crippen LogP) is 4.83. The van der Waals surface area contributed by atoms with Crippen molar-refractivity contribution in [3.8, 4) is 17.0 Å². The van der Waals surface area contributed by atoms with Gasteiger partial charge in [-0.3, -0.25) is 4.68 Å². The molecule has 0 aliphatic rings. The lowest BCUT2D eigenvalue weighted by molar-refractivity contribution is 0.461. The second kappa shape index (κ2) is 6.55. The molecule has 1 N–H and O–H groups in total. The van der Waals surface area contributed by atoms with Crippen molar-refractivity contribution in [1.82, 2.24) is 9.78 Å². The smallest absolute Gasteiger partial charge is 0.164 e. The van der Waals surface area contributed by atoms with Gasteiger partial charge in [0.1, 0.15) is 5.69 Å². The molecule has 1 heterocycles. The average molecular weight is 300 g/mol. The molecule has 0 spiro atoms. The number of benzene rings is 1. The highest BCUT2D eigenvalue weighted by Crippen LogP contribution is 2.37. The summed E-state index contributed by atoms with van der Waals surface area (Å²) in [5.41, 5.74) is 6.62. The number of hydrogen-bond acceptors (Lipinski definition) is 2. The molecule has 0 unspecified atom stereocenters. The monoisotopic (exact) mass is 300 g/mol. The van der Waals surface area contributed by atoms with Crippen LogP contribution >= 0.6 is 0 Å². The highest BCUT2D eigenvalue weighted by atomic mass is 16.3. The summed E-state index contributed by atoms with van der Waals surface area (Å²) >= 11 is 0. The van der Waals surface area contributed by atoms with E-state index in [1.807, 2.05) is 11.6 Å². The van der Waals surface area contributed by atoms with Crippen molar-refractivity contribution >= 4 is 0 Å². The zero-order valence-corrected chi connectivity index (χ0v) is 14.7. The van der Waals surface area contributed by atoms with Gasteiger partial charge in [0.15, 0.2) is 5.75 Å². The van der Waals surface area contributed by atoms with Gasteiger partial charge >= 0.3 is 0 Å². The Morgan fingerprint density at radius 1 is 1.05 bits per heavy atom. The Balaban J connectivity index is 2.74. The van der Waals surface area contributed by atoms with Crippen molar-refractivity contribution in [1.29, 1.82) is 0 Å². The molecule has 22 heavy (non-hydrogen) atoms. The van der Waals surface area contributed by atoms with Gasteiger partial charge in [-0.2, -0.15) is 5.10 Å². The number of rotatable bonds is 5. The van der Waals surface area contributed by atoms with Gasteiger partial charge in [0, 0.05) is 11.6 Å². The standard InChI is InChI=1S/C19H28N2O/c1-7-14-10-15(8-2)17(16(9-3)11-14)18-19(22)13(6)21(20-18)12(4)5/h10-12,22H,7-9H2,1-6H3. The molecule has 1 aromatic carbocycles. The number of nitrogens with zero attached hydrogens (tertiary/aromatic N) is 2. The van der Waals surface area contributed by atoms with Gasteiger partial charge in [0.05, 0.1) is 5.69 Å². The highest BCUT2D eigenvalue weighted by molar-refractivity contribution is 5.74. The van der Waals surface area contributed by atoms with Crippen molar-refractivity contribution < 1.29 is 5.11 Å². The molecule has 0 saturated carbocycles. The minimum atomic E-state index is 0.240. The highest BCUT2D eigenvalue weighted by Gasteiger charge is 2.21. The lowest BCUT2D eigenvalue weighted by Crippen LogP contribution is -2.05. The molecule has 2 aromatic rings. The molecular formula is C19H28N2O. The Hall–Kier alpha value is -1.77. The maximum atomic E-state index is 10.6. The first-order chi connectivity index (χ1) is 10.4. The number of aromatic nitrogens is 2. The van der Waals surface area contributed by atoms with E-state index in [1.165, 1.54) is 16.7 Å². The second-order valence-corrected chi connectivity index (χ2v) is 6.17. The third kappa shape index (κ3) is 2.77. The van der Waals surface area contributed by atoms with Crippen LogP contribution in [0.25, 0.3) is 11.3 Å². The van der Waals surface area contributed by atoms with E-state index in [0.29, 0.717) is 5.75 Å². The Labute approximate surface area is 134 Å². The number of hydrogen-bond donors (Lipinski definition) is 1. The number of aryl methyl sites for hydroxylation is 3. The van der Waals surface area contributed by atoms with Crippen LogP contribution in [0.2, 0.25) is 0 Å². The summed E-state index contributed by atoms with van der Waals surface area (Å²) in [5.74, 6) is 0.322. The minimum Gasteiger partial charge on any atom is -0.504 e. The van der Waals surface area contributed by atoms with Crippen LogP contribution in [0, 0.1) is 6.92 Å². The zero-order chi connectivity index (χ0) is 16.4. The number of aromatic hydroxyl groups is 1. The van der Waals surface area contributed by atoms with Crippen LogP contribution in [-0.4, -0.2) is 14.9 Å². The maximum Gasteiger partial charge on any atom is 0.164 e. The molecule has 0 aliphatic heterocycles. The van der Waals surface area contributed by atoms with Crippen LogP contribution in [0.1, 0.15) is 63.0 Å². The maximum absolute atomic E-state index is 10.6. The van der Waals surface area contributed by atoms with Gasteiger partial charge in [-0.1, -0.05) is 32.9 Å². The van der Waals surface area contributed by atoms with E-state index >= 15 is 0 Å². The van der Waals surface area contributed by atoms with Crippen molar-refractivity contribution in [3.05, 3.63) is 34.5 Å². The van der Waals surface area contributed by atoms with Crippen LogP contribution in [0.15, 0.2) is 12.1 Å². The molecule has 0 atom stereocenters. The first kappa shape index (κ1) is 16.6. The van der Waals surface area contributed by atoms with Gasteiger partial charge in [0.25, 0.3) is 0 Å². The lowest BCUT2D eigenvalue weighted by Gasteiger charge is -2.14. The molecular weight excluding hydrogens is 272 g/mol. The summed E-state index contributed by atoms with van der Waals surface area (Å²) in [6, 6.07) is 4.76. The molecule has 0 amide bonds. The fourth-order valence-electron chi connectivity index (χ4n) is 3.09. The topological polar surface area (TPSA) is 38.0 Å². The molecule has 2 rings (SSSR count). The summed E-state index contributed by atoms with van der Waals surface area (Å²) < 4.78 is 1.91. The molecule has 120 valence electrons. The van der Waals surface area contributed by atoms with E-state index in [4.69, 9.17) is 5.10 Å². The van der Waals surface area contributed by atoms with Gasteiger partial charge in [-0.05, 0) is 56.7 Å². The van der Waals surface area contributed by atoms with Crippen LogP contribution in [0.4, 0.5) is 0 Å². The van der Waals surface area contributed by atoms with Crippen LogP contribution in [0.3, 0.4) is 0 Å². The van der Waals surface area contributed by atoms with Gasteiger partial charge in [-0.25, -0.2) is 0 Å². The van der Waals surface area contributed by atoms with Crippen molar-refractivity contribution in [2.45, 2.75) is 66.8 Å². The fourth-order valence-corrected chi connectivity index (χ4v) is 3.09. The third-order valence-electron chi connectivity index (χ3n) is 4.38. The molecule has 0 fully saturated rings. The Morgan fingerprint density at radius 3 is 1.95 bits per heavy atom. The van der Waals surface area contributed by atoms with Gasteiger partial charge in [0.2, 0.25) is 0 Å². The quantitative estimate of drug-likeness (QED) is 0.858. The summed E-state index contributed by atoms with van der Waals surface area (Å²) in [4.78, 5) is 0. The van der Waals surface area contributed by atoms with E-state index < -0.39 is 0 Å². The SMILES string of the molecule is CCc1cc(CC)c(-c2nn(C(C)C)c(C)c2O)c(CC)c1. The fraction of sp³-hybridized carbons (Fsp3) is 0.526. The normalized spacial score (nSPS) is 11.4. The first-order valence-electron chi connectivity index (χ1n) is 8.37. The largest absolute Gasteiger partial charge is 0.504 e.